The molecule has 138 valence electrons. The van der Waals surface area contributed by atoms with Crippen LogP contribution in [0.3, 0.4) is 0 Å². The summed E-state index contributed by atoms with van der Waals surface area (Å²) < 4.78 is 4.47. The van der Waals surface area contributed by atoms with Crippen molar-refractivity contribution in [1.29, 1.82) is 0 Å². The van der Waals surface area contributed by atoms with Crippen molar-refractivity contribution in [1.82, 2.24) is 4.57 Å². The van der Waals surface area contributed by atoms with Gasteiger partial charge in [-0.25, -0.2) is 9.13 Å². The van der Waals surface area contributed by atoms with E-state index in [-0.39, 0.29) is 5.91 Å². The minimum Gasteiger partial charge on any atom is -0.322 e. The van der Waals surface area contributed by atoms with Crippen molar-refractivity contribution in [2.45, 2.75) is 46.7 Å². The highest BCUT2D eigenvalue weighted by atomic mass is 16.1. The fraction of sp³-hybridized carbons (Fsp3) is 0.304. The normalized spacial score (nSPS) is 12.9. The molecule has 3 aromatic rings. The number of nitrogens with zero attached hydrogens (tertiary/aromatic N) is 2. The number of hydrogen-bond acceptors (Lipinski definition) is 1. The van der Waals surface area contributed by atoms with Gasteiger partial charge < -0.3 is 5.32 Å². The van der Waals surface area contributed by atoms with Crippen LogP contribution < -0.4 is 9.88 Å². The molecule has 4 rings (SSSR count). The van der Waals surface area contributed by atoms with E-state index in [0.29, 0.717) is 6.54 Å². The molecule has 2 aromatic carbocycles. The van der Waals surface area contributed by atoms with Gasteiger partial charge in [-0.05, 0) is 44.4 Å². The van der Waals surface area contributed by atoms with E-state index < -0.39 is 0 Å². The van der Waals surface area contributed by atoms with Crippen LogP contribution in [-0.4, -0.2) is 10.5 Å². The minimum absolute atomic E-state index is 0.0180. The number of aryl methyl sites for hydroxylation is 3. The van der Waals surface area contributed by atoms with E-state index in [1.807, 2.05) is 26.0 Å². The molecule has 0 aliphatic carbocycles. The lowest BCUT2D eigenvalue weighted by molar-refractivity contribution is -0.690. The molecule has 4 nitrogen and oxygen atoms in total. The largest absolute Gasteiger partial charge is 0.322 e. The van der Waals surface area contributed by atoms with Crippen LogP contribution >= 0.6 is 0 Å². The summed E-state index contributed by atoms with van der Waals surface area (Å²) in [6.45, 7) is 7.52. The molecule has 1 aromatic heterocycles. The fourth-order valence-electron chi connectivity index (χ4n) is 3.82. The molecule has 0 fully saturated rings. The zero-order chi connectivity index (χ0) is 19.0. The highest BCUT2D eigenvalue weighted by Crippen LogP contribution is 2.25. The first kappa shape index (κ1) is 17.5. The summed E-state index contributed by atoms with van der Waals surface area (Å²) in [7, 11) is 0. The molecule has 2 heterocycles. The van der Waals surface area contributed by atoms with Crippen LogP contribution in [0, 0.1) is 20.8 Å². The quantitative estimate of drug-likeness (QED) is 0.703. The van der Waals surface area contributed by atoms with Gasteiger partial charge in [0.15, 0.2) is 12.2 Å². The van der Waals surface area contributed by atoms with Crippen LogP contribution in [0.5, 0.6) is 0 Å². The number of rotatable bonds is 4. The van der Waals surface area contributed by atoms with Crippen LogP contribution in [0.1, 0.15) is 28.9 Å². The topological polar surface area (TPSA) is 37.9 Å². The second-order valence-electron chi connectivity index (χ2n) is 7.55. The molecule has 1 aliphatic heterocycles. The van der Waals surface area contributed by atoms with Crippen LogP contribution in [0.2, 0.25) is 0 Å². The van der Waals surface area contributed by atoms with Gasteiger partial charge in [0.1, 0.15) is 6.20 Å². The zero-order valence-electron chi connectivity index (χ0n) is 16.2. The van der Waals surface area contributed by atoms with Gasteiger partial charge in [-0.1, -0.05) is 42.0 Å². The van der Waals surface area contributed by atoms with Crippen molar-refractivity contribution >= 4 is 11.6 Å². The Balaban J connectivity index is 1.59. The molecule has 0 radical (unpaired) electrons. The number of aromatic nitrogens is 2. The third kappa shape index (κ3) is 3.52. The molecule has 0 bridgehead atoms. The lowest BCUT2D eigenvalue weighted by Crippen LogP contribution is -2.42. The van der Waals surface area contributed by atoms with Crippen molar-refractivity contribution in [2.24, 2.45) is 0 Å². The summed E-state index contributed by atoms with van der Waals surface area (Å²) in [6, 6.07) is 14.7. The van der Waals surface area contributed by atoms with E-state index in [1.165, 1.54) is 22.6 Å². The lowest BCUT2D eigenvalue weighted by Gasteiger charge is -2.08. The highest BCUT2D eigenvalue weighted by molar-refractivity contribution is 5.90. The molecular weight excluding hydrogens is 334 g/mol. The standard InChI is InChI=1S/C23H25N3O/c1-16-7-10-19(11-8-16)21-14-25(23-5-4-12-26(21)23)15-22(27)24-20-13-17(2)6-9-18(20)3/h6-11,13-14H,4-5,12,15H2,1-3H3/p+1. The van der Waals surface area contributed by atoms with Crippen molar-refractivity contribution < 1.29 is 9.36 Å². The van der Waals surface area contributed by atoms with Gasteiger partial charge in [0.2, 0.25) is 0 Å². The molecule has 1 amide bonds. The Bertz CT molecular complexity index is 999. The molecular formula is C23H26N3O+. The first-order valence-electron chi connectivity index (χ1n) is 9.57. The zero-order valence-corrected chi connectivity index (χ0v) is 16.2. The Morgan fingerprint density at radius 1 is 1.07 bits per heavy atom. The third-order valence-corrected chi connectivity index (χ3v) is 5.32. The predicted molar refractivity (Wildman–Crippen MR) is 108 cm³/mol. The van der Waals surface area contributed by atoms with E-state index in [2.05, 4.69) is 57.9 Å². The molecule has 4 heteroatoms. The van der Waals surface area contributed by atoms with E-state index >= 15 is 0 Å². The number of carbonyl (C=O) groups is 1. The number of carbonyl (C=O) groups excluding carboxylic acids is 1. The molecule has 0 saturated heterocycles. The van der Waals surface area contributed by atoms with Crippen molar-refractivity contribution in [3.8, 4) is 11.3 Å². The number of hydrogen-bond donors (Lipinski definition) is 1. The van der Waals surface area contributed by atoms with Crippen molar-refractivity contribution in [2.75, 3.05) is 5.32 Å². The first-order chi connectivity index (χ1) is 13.0. The Kier molecular flexibility index (Phi) is 4.56. The molecule has 1 aliphatic rings. The third-order valence-electron chi connectivity index (χ3n) is 5.32. The fourth-order valence-corrected chi connectivity index (χ4v) is 3.82. The van der Waals surface area contributed by atoms with E-state index in [1.54, 1.807) is 0 Å². The second-order valence-corrected chi connectivity index (χ2v) is 7.55. The highest BCUT2D eigenvalue weighted by Gasteiger charge is 2.29. The molecule has 0 saturated carbocycles. The number of anilines is 1. The minimum atomic E-state index is 0.0180. The van der Waals surface area contributed by atoms with Gasteiger partial charge in [0.05, 0.1) is 13.0 Å². The Morgan fingerprint density at radius 3 is 2.59 bits per heavy atom. The summed E-state index contributed by atoms with van der Waals surface area (Å²) in [4.78, 5) is 12.7. The summed E-state index contributed by atoms with van der Waals surface area (Å²) in [5, 5.41) is 3.08. The first-order valence-corrected chi connectivity index (χ1v) is 9.57. The average molecular weight is 360 g/mol. The number of fused-ring (bicyclic) bond motifs is 1. The molecule has 27 heavy (non-hydrogen) atoms. The van der Waals surface area contributed by atoms with Gasteiger partial charge in [-0.3, -0.25) is 4.79 Å². The summed E-state index contributed by atoms with van der Waals surface area (Å²) in [5.41, 5.74) is 6.79. The molecule has 0 atom stereocenters. The number of imidazole rings is 1. The molecule has 0 spiro atoms. The van der Waals surface area contributed by atoms with Gasteiger partial charge in [-0.2, -0.15) is 0 Å². The summed E-state index contributed by atoms with van der Waals surface area (Å²) in [6.07, 6.45) is 4.28. The maximum absolute atomic E-state index is 12.7. The van der Waals surface area contributed by atoms with Crippen molar-refractivity contribution in [3.63, 3.8) is 0 Å². The number of amides is 1. The molecule has 1 N–H and O–H groups in total. The van der Waals surface area contributed by atoms with Crippen molar-refractivity contribution in [3.05, 3.63) is 71.2 Å². The van der Waals surface area contributed by atoms with E-state index in [0.717, 1.165) is 36.2 Å². The maximum Gasteiger partial charge on any atom is 0.266 e. The molecule has 0 unspecified atom stereocenters. The van der Waals surface area contributed by atoms with Crippen LogP contribution in [-0.2, 0) is 24.3 Å². The number of benzene rings is 2. The van der Waals surface area contributed by atoms with Crippen LogP contribution in [0.25, 0.3) is 11.3 Å². The maximum atomic E-state index is 12.7. The van der Waals surface area contributed by atoms with Crippen LogP contribution in [0.15, 0.2) is 48.7 Å². The van der Waals surface area contributed by atoms with Crippen LogP contribution in [0.4, 0.5) is 5.69 Å². The van der Waals surface area contributed by atoms with E-state index in [9.17, 15) is 4.79 Å². The van der Waals surface area contributed by atoms with E-state index in [4.69, 9.17) is 0 Å². The van der Waals surface area contributed by atoms with Gasteiger partial charge in [-0.15, -0.1) is 0 Å². The number of nitrogens with one attached hydrogen (secondary N) is 1. The summed E-state index contributed by atoms with van der Waals surface area (Å²) >= 11 is 0. The summed E-state index contributed by atoms with van der Waals surface area (Å²) in [5.74, 6) is 1.26. The Labute approximate surface area is 160 Å². The smallest absolute Gasteiger partial charge is 0.266 e. The predicted octanol–water partition coefficient (Wildman–Crippen LogP) is 3.95. The van der Waals surface area contributed by atoms with Gasteiger partial charge in [0, 0.05) is 11.3 Å². The SMILES string of the molecule is Cc1ccc(-c2c[n+](CC(=O)Nc3cc(C)ccc3C)c3n2CCC3)cc1. The van der Waals surface area contributed by atoms with Gasteiger partial charge in [0.25, 0.3) is 11.7 Å². The Hall–Kier alpha value is -2.88. The second kappa shape index (κ2) is 7.03. The van der Waals surface area contributed by atoms with Gasteiger partial charge >= 0.3 is 0 Å². The lowest BCUT2D eigenvalue weighted by atomic mass is 10.1. The average Bonchev–Trinajstić information content (AvgIpc) is 3.23. The monoisotopic (exact) mass is 360 g/mol. The Morgan fingerprint density at radius 2 is 1.81 bits per heavy atom.